The smallest absolute Gasteiger partial charge is 0.251 e. The Bertz CT molecular complexity index is 858. The zero-order chi connectivity index (χ0) is 21.8. The summed E-state index contributed by atoms with van der Waals surface area (Å²) in [6, 6.07) is 12.4. The van der Waals surface area contributed by atoms with E-state index in [-0.39, 0.29) is 35.6 Å². The summed E-state index contributed by atoms with van der Waals surface area (Å²) in [7, 11) is 0. The molecule has 2 rings (SSSR count). The fourth-order valence-electron chi connectivity index (χ4n) is 2.83. The highest BCUT2D eigenvalue weighted by Crippen LogP contribution is 2.21. The Hall–Kier alpha value is -2.49. The first-order valence-corrected chi connectivity index (χ1v) is 10.3. The number of rotatable bonds is 10. The van der Waals surface area contributed by atoms with Gasteiger partial charge in [0.05, 0.1) is 13.2 Å². The van der Waals surface area contributed by atoms with Gasteiger partial charge in [-0.05, 0) is 57.0 Å². The summed E-state index contributed by atoms with van der Waals surface area (Å²) in [6.45, 7) is 9.11. The van der Waals surface area contributed by atoms with Gasteiger partial charge in [-0.1, -0.05) is 18.2 Å². The first kappa shape index (κ1) is 26.5. The molecule has 7 nitrogen and oxygen atoms in total. The minimum Gasteiger partial charge on any atom is -0.508 e. The number of carbonyl (C=O) groups excluding carboxylic acids is 1. The summed E-state index contributed by atoms with van der Waals surface area (Å²) in [5.74, 6) is 1.47. The van der Waals surface area contributed by atoms with Crippen molar-refractivity contribution >= 4 is 35.8 Å². The van der Waals surface area contributed by atoms with Crippen LogP contribution in [0.25, 0.3) is 0 Å². The molecule has 0 saturated heterocycles. The molecule has 0 unspecified atom stereocenters. The predicted molar refractivity (Wildman–Crippen MR) is 136 cm³/mol. The molecule has 2 aromatic rings. The zero-order valence-electron chi connectivity index (χ0n) is 18.4. The van der Waals surface area contributed by atoms with Crippen LogP contribution in [0.4, 0.5) is 0 Å². The second-order valence-corrected chi connectivity index (χ2v) is 6.83. The Kier molecular flexibility index (Phi) is 12.4. The van der Waals surface area contributed by atoms with E-state index < -0.39 is 0 Å². The highest BCUT2D eigenvalue weighted by Gasteiger charge is 2.06. The van der Waals surface area contributed by atoms with E-state index >= 15 is 0 Å². The SMILES string of the molecule is CCNC(=NCc1ccc(C)cc1OCC)NCCCNC(=O)c1cccc(O)c1.I. The van der Waals surface area contributed by atoms with Crippen LogP contribution >= 0.6 is 24.0 Å². The summed E-state index contributed by atoms with van der Waals surface area (Å²) in [4.78, 5) is 16.7. The van der Waals surface area contributed by atoms with E-state index in [9.17, 15) is 9.90 Å². The van der Waals surface area contributed by atoms with E-state index in [1.165, 1.54) is 12.1 Å². The van der Waals surface area contributed by atoms with Gasteiger partial charge >= 0.3 is 0 Å². The van der Waals surface area contributed by atoms with Crippen molar-refractivity contribution in [1.29, 1.82) is 0 Å². The Labute approximate surface area is 201 Å². The van der Waals surface area contributed by atoms with Crippen LogP contribution in [-0.4, -0.2) is 43.2 Å². The van der Waals surface area contributed by atoms with Crippen molar-refractivity contribution in [3.05, 3.63) is 59.2 Å². The third kappa shape index (κ3) is 9.46. The number of phenols is 1. The quantitative estimate of drug-likeness (QED) is 0.160. The lowest BCUT2D eigenvalue weighted by atomic mass is 10.1. The van der Waals surface area contributed by atoms with E-state index in [1.54, 1.807) is 12.1 Å². The molecule has 0 aromatic heterocycles. The number of benzene rings is 2. The molecule has 170 valence electrons. The monoisotopic (exact) mass is 540 g/mol. The van der Waals surface area contributed by atoms with Crippen molar-refractivity contribution in [1.82, 2.24) is 16.0 Å². The van der Waals surface area contributed by atoms with Crippen LogP contribution in [0.15, 0.2) is 47.5 Å². The van der Waals surface area contributed by atoms with Gasteiger partial charge in [0.15, 0.2) is 5.96 Å². The van der Waals surface area contributed by atoms with Gasteiger partial charge in [0.25, 0.3) is 5.91 Å². The third-order valence-corrected chi connectivity index (χ3v) is 4.31. The topological polar surface area (TPSA) is 95.0 Å². The van der Waals surface area contributed by atoms with E-state index in [1.807, 2.05) is 32.9 Å². The molecule has 1 amide bonds. The number of aliphatic imine (C=N–C) groups is 1. The van der Waals surface area contributed by atoms with Crippen LogP contribution in [0.3, 0.4) is 0 Å². The number of phenolic OH excluding ortho intramolecular Hbond substituents is 1. The molecule has 0 aliphatic heterocycles. The van der Waals surface area contributed by atoms with E-state index in [4.69, 9.17) is 4.74 Å². The molecule has 31 heavy (non-hydrogen) atoms. The molecular weight excluding hydrogens is 507 g/mol. The van der Waals surface area contributed by atoms with Gasteiger partial charge in [0.2, 0.25) is 0 Å². The number of halogens is 1. The molecule has 0 spiro atoms. The minimum atomic E-state index is -0.200. The molecule has 0 bridgehead atoms. The van der Waals surface area contributed by atoms with Gasteiger partial charge in [-0.15, -0.1) is 24.0 Å². The van der Waals surface area contributed by atoms with Gasteiger partial charge in [-0.25, -0.2) is 4.99 Å². The van der Waals surface area contributed by atoms with Crippen molar-refractivity contribution in [2.75, 3.05) is 26.2 Å². The fourth-order valence-corrected chi connectivity index (χ4v) is 2.83. The minimum absolute atomic E-state index is 0. The zero-order valence-corrected chi connectivity index (χ0v) is 20.7. The summed E-state index contributed by atoms with van der Waals surface area (Å²) in [5.41, 5.74) is 2.64. The molecular formula is C23H33IN4O3. The summed E-state index contributed by atoms with van der Waals surface area (Å²) in [5, 5.41) is 18.8. The number of guanidine groups is 1. The van der Waals surface area contributed by atoms with Crippen LogP contribution in [0, 0.1) is 6.92 Å². The molecule has 0 saturated carbocycles. The van der Waals surface area contributed by atoms with Crippen molar-refractivity contribution in [3.8, 4) is 11.5 Å². The van der Waals surface area contributed by atoms with Crippen LogP contribution < -0.4 is 20.7 Å². The lowest BCUT2D eigenvalue weighted by Gasteiger charge is -2.13. The molecule has 4 N–H and O–H groups in total. The van der Waals surface area contributed by atoms with Gasteiger partial charge in [-0.3, -0.25) is 4.79 Å². The number of amides is 1. The van der Waals surface area contributed by atoms with Gasteiger partial charge in [0.1, 0.15) is 11.5 Å². The third-order valence-electron chi connectivity index (χ3n) is 4.31. The number of ether oxygens (including phenoxy) is 1. The summed E-state index contributed by atoms with van der Waals surface area (Å²) in [6.07, 6.45) is 0.740. The lowest BCUT2D eigenvalue weighted by molar-refractivity contribution is 0.0953. The molecule has 0 aliphatic carbocycles. The maximum absolute atomic E-state index is 12.1. The Morgan fingerprint density at radius 2 is 1.84 bits per heavy atom. The molecule has 0 heterocycles. The van der Waals surface area contributed by atoms with Crippen LogP contribution in [-0.2, 0) is 6.54 Å². The standard InChI is InChI=1S/C23H32N4O3.HI/c1-4-24-23(27-16-19-11-10-17(3)14-21(19)30-5-2)26-13-7-12-25-22(29)18-8-6-9-20(28)15-18;/h6,8-11,14-15,28H,4-5,7,12-13,16H2,1-3H3,(H,25,29)(H2,24,26,27);1H. The second-order valence-electron chi connectivity index (χ2n) is 6.83. The Morgan fingerprint density at radius 1 is 1.06 bits per heavy atom. The number of nitrogens with zero attached hydrogens (tertiary/aromatic N) is 1. The molecule has 2 aromatic carbocycles. The highest BCUT2D eigenvalue weighted by molar-refractivity contribution is 14.0. The molecule has 0 radical (unpaired) electrons. The average Bonchev–Trinajstić information content (AvgIpc) is 2.72. The normalized spacial score (nSPS) is 10.7. The van der Waals surface area contributed by atoms with Crippen molar-refractivity contribution in [3.63, 3.8) is 0 Å². The number of aryl methyl sites for hydroxylation is 1. The number of hydrogen-bond acceptors (Lipinski definition) is 4. The van der Waals surface area contributed by atoms with E-state index in [2.05, 4.69) is 27.0 Å². The van der Waals surface area contributed by atoms with Crippen molar-refractivity contribution < 1.29 is 14.6 Å². The van der Waals surface area contributed by atoms with Crippen molar-refractivity contribution in [2.45, 2.75) is 33.7 Å². The van der Waals surface area contributed by atoms with Gasteiger partial charge < -0.3 is 25.8 Å². The number of aromatic hydroxyl groups is 1. The van der Waals surface area contributed by atoms with Crippen LogP contribution in [0.1, 0.15) is 41.8 Å². The maximum Gasteiger partial charge on any atom is 0.251 e. The number of nitrogens with one attached hydrogen (secondary N) is 3. The molecule has 0 aliphatic rings. The highest BCUT2D eigenvalue weighted by atomic mass is 127. The van der Waals surface area contributed by atoms with Crippen LogP contribution in [0.5, 0.6) is 11.5 Å². The fraction of sp³-hybridized carbons (Fsp3) is 0.391. The molecule has 0 atom stereocenters. The molecule has 0 fully saturated rings. The van der Waals surface area contributed by atoms with E-state index in [0.29, 0.717) is 31.8 Å². The number of carbonyl (C=O) groups is 1. The largest absolute Gasteiger partial charge is 0.508 e. The first-order valence-electron chi connectivity index (χ1n) is 10.3. The van der Waals surface area contributed by atoms with Gasteiger partial charge in [0, 0.05) is 30.8 Å². The Balaban J connectivity index is 0.00000480. The van der Waals surface area contributed by atoms with Gasteiger partial charge in [-0.2, -0.15) is 0 Å². The van der Waals surface area contributed by atoms with E-state index in [0.717, 1.165) is 35.8 Å². The predicted octanol–water partition coefficient (Wildman–Crippen LogP) is 3.59. The first-order chi connectivity index (χ1) is 14.5. The maximum atomic E-state index is 12.1. The lowest BCUT2D eigenvalue weighted by Crippen LogP contribution is -2.38. The average molecular weight is 540 g/mol. The molecule has 8 heteroatoms. The summed E-state index contributed by atoms with van der Waals surface area (Å²) < 4.78 is 5.72. The van der Waals surface area contributed by atoms with Crippen LogP contribution in [0.2, 0.25) is 0 Å². The summed E-state index contributed by atoms with van der Waals surface area (Å²) >= 11 is 0. The number of hydrogen-bond donors (Lipinski definition) is 4. The second kappa shape index (κ2) is 14.5. The van der Waals surface area contributed by atoms with Crippen molar-refractivity contribution in [2.24, 2.45) is 4.99 Å². The Morgan fingerprint density at radius 3 is 2.55 bits per heavy atom.